The monoisotopic (exact) mass is 491 g/mol. The van der Waals surface area contributed by atoms with E-state index in [0.29, 0.717) is 36.5 Å². The quantitative estimate of drug-likeness (QED) is 0.263. The van der Waals surface area contributed by atoms with Crippen molar-refractivity contribution in [3.8, 4) is 23.1 Å². The van der Waals surface area contributed by atoms with Gasteiger partial charge in [-0.15, -0.1) is 0 Å². The van der Waals surface area contributed by atoms with Crippen LogP contribution in [0.15, 0.2) is 72.8 Å². The average molecular weight is 492 g/mol. The number of rotatable bonds is 9. The highest BCUT2D eigenvalue weighted by atomic mass is 16.5. The Hall–Kier alpha value is -4.50. The maximum Gasteiger partial charge on any atom is 0.337 e. The van der Waals surface area contributed by atoms with Crippen molar-refractivity contribution in [3.63, 3.8) is 0 Å². The van der Waals surface area contributed by atoms with Crippen molar-refractivity contribution in [1.29, 1.82) is 5.26 Å². The van der Waals surface area contributed by atoms with Crippen LogP contribution in [0.3, 0.4) is 0 Å². The summed E-state index contributed by atoms with van der Waals surface area (Å²) in [5.74, 6) is 0.931. The van der Waals surface area contributed by atoms with E-state index in [-0.39, 0.29) is 5.97 Å². The number of carbonyl (C=O) groups is 1. The fourth-order valence-electron chi connectivity index (χ4n) is 4.20. The van der Waals surface area contributed by atoms with Crippen molar-refractivity contribution in [2.75, 3.05) is 7.11 Å². The largest absolute Gasteiger partial charge is 0.472 e. The van der Waals surface area contributed by atoms with E-state index in [1.54, 1.807) is 6.07 Å². The Morgan fingerprint density at radius 3 is 2.41 bits per heavy atom. The number of hydrogen-bond donors (Lipinski definition) is 0. The highest BCUT2D eigenvalue weighted by molar-refractivity contribution is 5.89. The molecule has 3 aromatic carbocycles. The molecule has 0 amide bonds. The summed E-state index contributed by atoms with van der Waals surface area (Å²) < 4.78 is 11.1. The van der Waals surface area contributed by atoms with Gasteiger partial charge in [-0.25, -0.2) is 9.78 Å². The van der Waals surface area contributed by atoms with E-state index in [4.69, 9.17) is 19.4 Å². The minimum atomic E-state index is -0.368. The van der Waals surface area contributed by atoms with E-state index < -0.39 is 0 Å². The van der Waals surface area contributed by atoms with E-state index in [1.165, 1.54) is 7.11 Å². The Bertz CT molecular complexity index is 1440. The second-order valence-corrected chi connectivity index (χ2v) is 8.59. The molecule has 186 valence electrons. The van der Waals surface area contributed by atoms with Gasteiger partial charge in [0.1, 0.15) is 12.4 Å². The van der Waals surface area contributed by atoms with Crippen molar-refractivity contribution in [1.82, 2.24) is 9.97 Å². The predicted molar refractivity (Wildman–Crippen MR) is 142 cm³/mol. The van der Waals surface area contributed by atoms with Crippen LogP contribution in [-0.4, -0.2) is 23.0 Å². The summed E-state index contributed by atoms with van der Waals surface area (Å²) in [6, 6.07) is 25.2. The third-order valence-electron chi connectivity index (χ3n) is 6.17. The molecular formula is C31H29N3O3. The second kappa shape index (κ2) is 12.0. The molecule has 37 heavy (non-hydrogen) atoms. The fourth-order valence-corrected chi connectivity index (χ4v) is 4.20. The number of ether oxygens (including phenoxy) is 2. The van der Waals surface area contributed by atoms with Gasteiger partial charge in [-0.2, -0.15) is 10.2 Å². The minimum absolute atomic E-state index is 0.346. The normalized spacial score (nSPS) is 10.5. The smallest absolute Gasteiger partial charge is 0.337 e. The lowest BCUT2D eigenvalue weighted by atomic mass is 9.99. The molecule has 0 aliphatic rings. The standard InChI is InChI=1S/C31H29N3O3/c1-4-28-27(18-22-9-8-11-24(17-22)31(35)36-3)30(34-29(5-2)33-28)37-20-21-13-15-23(16-14-21)26-12-7-6-10-25(26)19-32/h6-17H,4-5,18,20H2,1-3H3. The summed E-state index contributed by atoms with van der Waals surface area (Å²) in [7, 11) is 1.38. The Morgan fingerprint density at radius 2 is 1.70 bits per heavy atom. The van der Waals surface area contributed by atoms with Crippen molar-refractivity contribution in [2.24, 2.45) is 0 Å². The number of aromatic nitrogens is 2. The van der Waals surface area contributed by atoms with Gasteiger partial charge < -0.3 is 9.47 Å². The van der Waals surface area contributed by atoms with Crippen LogP contribution in [0.5, 0.6) is 5.88 Å². The number of methoxy groups -OCH3 is 1. The molecule has 0 aliphatic carbocycles. The first kappa shape index (κ1) is 25.6. The van der Waals surface area contributed by atoms with Crippen molar-refractivity contribution >= 4 is 5.97 Å². The van der Waals surface area contributed by atoms with Crippen LogP contribution in [-0.2, 0) is 30.6 Å². The van der Waals surface area contributed by atoms with E-state index in [1.807, 2.05) is 73.7 Å². The van der Waals surface area contributed by atoms with Crippen LogP contribution in [0, 0.1) is 11.3 Å². The molecule has 1 heterocycles. The van der Waals surface area contributed by atoms with Gasteiger partial charge in [0.05, 0.1) is 30.0 Å². The van der Waals surface area contributed by atoms with Gasteiger partial charge in [-0.05, 0) is 46.9 Å². The van der Waals surface area contributed by atoms with E-state index in [2.05, 4.69) is 13.0 Å². The predicted octanol–water partition coefficient (Wildman–Crippen LogP) is 6.10. The van der Waals surface area contributed by atoms with Crippen LogP contribution in [0.25, 0.3) is 11.1 Å². The number of carbonyl (C=O) groups excluding carboxylic acids is 1. The Balaban J connectivity index is 1.60. The maximum absolute atomic E-state index is 12.0. The number of nitrogens with zero attached hydrogens (tertiary/aromatic N) is 3. The second-order valence-electron chi connectivity index (χ2n) is 8.59. The molecule has 4 rings (SSSR count). The molecule has 0 unspecified atom stereocenters. The van der Waals surface area contributed by atoms with Crippen LogP contribution in [0.2, 0.25) is 0 Å². The lowest BCUT2D eigenvalue weighted by Gasteiger charge is -2.16. The Morgan fingerprint density at radius 1 is 0.919 bits per heavy atom. The van der Waals surface area contributed by atoms with Crippen LogP contribution in [0.1, 0.15) is 58.0 Å². The molecule has 0 fully saturated rings. The maximum atomic E-state index is 12.0. The van der Waals surface area contributed by atoms with E-state index >= 15 is 0 Å². The molecular weight excluding hydrogens is 462 g/mol. The molecule has 6 nitrogen and oxygen atoms in total. The SMILES string of the molecule is CCc1nc(CC)c(Cc2cccc(C(=O)OC)c2)c(OCc2ccc(-c3ccccc3C#N)cc2)n1. The topological polar surface area (TPSA) is 85.1 Å². The number of benzene rings is 3. The van der Waals surface area contributed by atoms with Gasteiger partial charge in [-0.3, -0.25) is 0 Å². The summed E-state index contributed by atoms with van der Waals surface area (Å²) in [6.07, 6.45) is 1.98. The highest BCUT2D eigenvalue weighted by Gasteiger charge is 2.16. The first-order chi connectivity index (χ1) is 18.1. The van der Waals surface area contributed by atoms with Crippen molar-refractivity contribution in [2.45, 2.75) is 39.7 Å². The number of nitriles is 1. The summed E-state index contributed by atoms with van der Waals surface area (Å²) in [4.78, 5) is 21.5. The third-order valence-corrected chi connectivity index (χ3v) is 6.17. The van der Waals surface area contributed by atoms with Gasteiger partial charge in [0, 0.05) is 18.4 Å². The zero-order valence-corrected chi connectivity index (χ0v) is 21.3. The van der Waals surface area contributed by atoms with Crippen molar-refractivity contribution in [3.05, 3.63) is 112 Å². The number of hydrogen-bond acceptors (Lipinski definition) is 6. The number of aryl methyl sites for hydroxylation is 2. The molecule has 6 heteroatoms. The summed E-state index contributed by atoms with van der Waals surface area (Å²) in [5.41, 5.74) is 6.84. The summed E-state index contributed by atoms with van der Waals surface area (Å²) >= 11 is 0. The zero-order valence-electron chi connectivity index (χ0n) is 21.3. The van der Waals surface area contributed by atoms with Crippen LogP contribution >= 0.6 is 0 Å². The van der Waals surface area contributed by atoms with Crippen LogP contribution < -0.4 is 4.74 Å². The van der Waals surface area contributed by atoms with Crippen LogP contribution in [0.4, 0.5) is 0 Å². The first-order valence-electron chi connectivity index (χ1n) is 12.3. The van der Waals surface area contributed by atoms with Gasteiger partial charge in [0.2, 0.25) is 5.88 Å². The van der Waals surface area contributed by atoms with Gasteiger partial charge in [0.25, 0.3) is 0 Å². The Labute approximate surface area is 217 Å². The first-order valence-corrected chi connectivity index (χ1v) is 12.3. The molecule has 0 atom stereocenters. The lowest BCUT2D eigenvalue weighted by Crippen LogP contribution is -2.10. The molecule has 0 radical (unpaired) electrons. The molecule has 0 saturated heterocycles. The molecule has 0 N–H and O–H groups in total. The highest BCUT2D eigenvalue weighted by Crippen LogP contribution is 2.27. The molecule has 4 aromatic rings. The zero-order chi connectivity index (χ0) is 26.2. The fraction of sp³-hybridized carbons (Fsp3) is 0.226. The van der Waals surface area contributed by atoms with E-state index in [9.17, 15) is 10.1 Å². The van der Waals surface area contributed by atoms with Gasteiger partial charge in [-0.1, -0.05) is 68.4 Å². The lowest BCUT2D eigenvalue weighted by molar-refractivity contribution is 0.0600. The van der Waals surface area contributed by atoms with E-state index in [0.717, 1.165) is 45.8 Å². The van der Waals surface area contributed by atoms with Gasteiger partial charge >= 0.3 is 5.97 Å². The summed E-state index contributed by atoms with van der Waals surface area (Å²) in [6.45, 7) is 4.44. The molecule has 0 spiro atoms. The average Bonchev–Trinajstić information content (AvgIpc) is 2.96. The molecule has 1 aromatic heterocycles. The third kappa shape index (κ3) is 6.02. The molecule has 0 bridgehead atoms. The van der Waals surface area contributed by atoms with Crippen molar-refractivity contribution < 1.29 is 14.3 Å². The molecule has 0 aliphatic heterocycles. The minimum Gasteiger partial charge on any atom is -0.472 e. The Kier molecular flexibility index (Phi) is 8.27. The van der Waals surface area contributed by atoms with Gasteiger partial charge in [0.15, 0.2) is 0 Å². The summed E-state index contributed by atoms with van der Waals surface area (Å²) in [5, 5.41) is 9.41. The molecule has 0 saturated carbocycles. The number of esters is 1.